The van der Waals surface area contributed by atoms with Crippen LogP contribution < -0.4 is 16.4 Å². The van der Waals surface area contributed by atoms with Crippen molar-refractivity contribution in [3.05, 3.63) is 6.33 Å². The van der Waals surface area contributed by atoms with Gasteiger partial charge in [-0.05, 0) is 44.9 Å². The van der Waals surface area contributed by atoms with E-state index in [0.29, 0.717) is 24.1 Å². The van der Waals surface area contributed by atoms with E-state index in [1.807, 2.05) is 6.33 Å². The Hall–Kier alpha value is -1.89. The highest BCUT2D eigenvalue weighted by Crippen LogP contribution is 2.27. The predicted molar refractivity (Wildman–Crippen MR) is 108 cm³/mol. The maximum absolute atomic E-state index is 6.03. The minimum absolute atomic E-state index is 0.342. The highest BCUT2D eigenvalue weighted by Gasteiger charge is 2.21. The first-order valence-corrected chi connectivity index (χ1v) is 10.2. The molecule has 1 fully saturated rings. The first-order valence-electron chi connectivity index (χ1n) is 10.2. The molecule has 1 aliphatic rings. The van der Waals surface area contributed by atoms with Crippen molar-refractivity contribution >= 4 is 22.9 Å². The Morgan fingerprint density at radius 1 is 1.15 bits per heavy atom. The van der Waals surface area contributed by atoms with Gasteiger partial charge in [0.15, 0.2) is 17.0 Å². The molecule has 144 valence electrons. The van der Waals surface area contributed by atoms with Crippen LogP contribution in [0.2, 0.25) is 0 Å². The Labute approximate surface area is 156 Å². The number of rotatable bonds is 8. The highest BCUT2D eigenvalue weighted by atomic mass is 15.2. The van der Waals surface area contributed by atoms with E-state index in [1.54, 1.807) is 0 Å². The lowest BCUT2D eigenvalue weighted by molar-refractivity contribution is 0.410. The predicted octanol–water partition coefficient (Wildman–Crippen LogP) is 3.69. The van der Waals surface area contributed by atoms with Crippen LogP contribution in [0.1, 0.15) is 71.8 Å². The molecule has 0 unspecified atom stereocenters. The van der Waals surface area contributed by atoms with Crippen molar-refractivity contribution in [2.45, 2.75) is 83.8 Å². The summed E-state index contributed by atoms with van der Waals surface area (Å²) in [6.45, 7) is 7.45. The average Bonchev–Trinajstić information content (AvgIpc) is 3.07. The summed E-state index contributed by atoms with van der Waals surface area (Å²) in [5.41, 5.74) is 7.81. The van der Waals surface area contributed by atoms with Gasteiger partial charge >= 0.3 is 0 Å². The molecule has 3 rings (SSSR count). The summed E-state index contributed by atoms with van der Waals surface area (Å²) in [5.74, 6) is 1.53. The van der Waals surface area contributed by atoms with Gasteiger partial charge in [-0.25, -0.2) is 4.98 Å². The molecule has 0 aromatic carbocycles. The summed E-state index contributed by atoms with van der Waals surface area (Å²) < 4.78 is 2.20. The minimum Gasteiger partial charge on any atom is -0.368 e. The number of nitrogens with one attached hydrogen (secondary N) is 2. The van der Waals surface area contributed by atoms with Crippen LogP contribution in [0.4, 0.5) is 11.8 Å². The molecular weight excluding hydrogens is 326 g/mol. The van der Waals surface area contributed by atoms with E-state index in [1.165, 1.54) is 0 Å². The SMILES string of the molecule is CCCNc1nc(NC2CCC(N)CC2)nc2c1ncn2C(CC)CC. The highest BCUT2D eigenvalue weighted by molar-refractivity contribution is 5.84. The third-order valence-electron chi connectivity index (χ3n) is 5.40. The molecule has 0 atom stereocenters. The number of anilines is 2. The third-order valence-corrected chi connectivity index (χ3v) is 5.40. The summed E-state index contributed by atoms with van der Waals surface area (Å²) >= 11 is 0. The lowest BCUT2D eigenvalue weighted by Crippen LogP contribution is -2.33. The van der Waals surface area contributed by atoms with Gasteiger partial charge in [0, 0.05) is 24.7 Å². The molecule has 2 aromatic heterocycles. The smallest absolute Gasteiger partial charge is 0.227 e. The lowest BCUT2D eigenvalue weighted by atomic mass is 9.92. The molecule has 7 nitrogen and oxygen atoms in total. The number of nitrogens with two attached hydrogens (primary N) is 1. The van der Waals surface area contributed by atoms with E-state index >= 15 is 0 Å². The second kappa shape index (κ2) is 8.66. The molecular formula is C19H33N7. The summed E-state index contributed by atoms with van der Waals surface area (Å²) in [5, 5.41) is 6.97. The van der Waals surface area contributed by atoms with Gasteiger partial charge in [0.2, 0.25) is 5.95 Å². The van der Waals surface area contributed by atoms with Crippen LogP contribution in [0.25, 0.3) is 11.2 Å². The Bertz CT molecular complexity index is 699. The van der Waals surface area contributed by atoms with Crippen molar-refractivity contribution in [1.82, 2.24) is 19.5 Å². The summed E-state index contributed by atoms with van der Waals surface area (Å²) in [4.78, 5) is 14.2. The van der Waals surface area contributed by atoms with E-state index < -0.39 is 0 Å². The molecule has 7 heteroatoms. The molecule has 0 bridgehead atoms. The van der Waals surface area contributed by atoms with Crippen molar-refractivity contribution in [1.29, 1.82) is 0 Å². The maximum atomic E-state index is 6.03. The molecule has 2 heterocycles. The zero-order chi connectivity index (χ0) is 18.5. The van der Waals surface area contributed by atoms with Crippen LogP contribution in [-0.4, -0.2) is 38.1 Å². The molecule has 0 aliphatic heterocycles. The van der Waals surface area contributed by atoms with Crippen molar-refractivity contribution < 1.29 is 0 Å². The molecule has 26 heavy (non-hydrogen) atoms. The number of imidazole rings is 1. The minimum atomic E-state index is 0.342. The fraction of sp³-hybridized carbons (Fsp3) is 0.737. The number of hydrogen-bond donors (Lipinski definition) is 3. The second-order valence-corrected chi connectivity index (χ2v) is 7.37. The molecule has 0 radical (unpaired) electrons. The van der Waals surface area contributed by atoms with Crippen LogP contribution in [0.3, 0.4) is 0 Å². The second-order valence-electron chi connectivity index (χ2n) is 7.37. The molecule has 0 spiro atoms. The van der Waals surface area contributed by atoms with Crippen molar-refractivity contribution in [2.75, 3.05) is 17.2 Å². The quantitative estimate of drug-likeness (QED) is 0.665. The average molecular weight is 360 g/mol. The Morgan fingerprint density at radius 3 is 2.54 bits per heavy atom. The van der Waals surface area contributed by atoms with Gasteiger partial charge in [0.1, 0.15) is 0 Å². The van der Waals surface area contributed by atoms with Gasteiger partial charge in [-0.3, -0.25) is 0 Å². The largest absolute Gasteiger partial charge is 0.368 e. The molecule has 0 saturated heterocycles. The standard InChI is InChI=1S/C19H33N7/c1-4-11-21-17-16-18(26(12-22-16)15(5-2)6-3)25-19(24-17)23-14-9-7-13(20)8-10-14/h12-15H,4-11,20H2,1-3H3,(H2,21,23,24,25). The molecule has 1 aliphatic carbocycles. The van der Waals surface area contributed by atoms with E-state index in [-0.39, 0.29) is 0 Å². The number of fused-ring (bicyclic) bond motifs is 1. The van der Waals surface area contributed by atoms with Gasteiger partial charge in [-0.1, -0.05) is 20.8 Å². The van der Waals surface area contributed by atoms with Crippen LogP contribution >= 0.6 is 0 Å². The van der Waals surface area contributed by atoms with E-state index in [0.717, 1.165) is 68.5 Å². The summed E-state index contributed by atoms with van der Waals surface area (Å²) in [6.07, 6.45) is 9.36. The zero-order valence-corrected chi connectivity index (χ0v) is 16.3. The number of hydrogen-bond acceptors (Lipinski definition) is 6. The Kier molecular flexibility index (Phi) is 6.29. The number of nitrogens with zero attached hydrogens (tertiary/aromatic N) is 4. The monoisotopic (exact) mass is 359 g/mol. The van der Waals surface area contributed by atoms with Gasteiger partial charge in [-0.2, -0.15) is 9.97 Å². The van der Waals surface area contributed by atoms with E-state index in [2.05, 4.69) is 41.0 Å². The summed E-state index contributed by atoms with van der Waals surface area (Å²) in [7, 11) is 0. The number of aromatic nitrogens is 4. The van der Waals surface area contributed by atoms with Crippen LogP contribution in [-0.2, 0) is 0 Å². The van der Waals surface area contributed by atoms with Crippen molar-refractivity contribution in [3.63, 3.8) is 0 Å². The van der Waals surface area contributed by atoms with Crippen LogP contribution in [0, 0.1) is 0 Å². The van der Waals surface area contributed by atoms with Gasteiger partial charge in [0.25, 0.3) is 0 Å². The fourth-order valence-corrected chi connectivity index (χ4v) is 3.74. The Balaban J connectivity index is 1.92. The molecule has 4 N–H and O–H groups in total. The van der Waals surface area contributed by atoms with Gasteiger partial charge < -0.3 is 20.9 Å². The molecule has 1 saturated carbocycles. The lowest BCUT2D eigenvalue weighted by Gasteiger charge is -2.27. The zero-order valence-electron chi connectivity index (χ0n) is 16.3. The topological polar surface area (TPSA) is 93.7 Å². The van der Waals surface area contributed by atoms with Crippen molar-refractivity contribution in [2.24, 2.45) is 5.73 Å². The van der Waals surface area contributed by atoms with Crippen LogP contribution in [0.15, 0.2) is 6.33 Å². The van der Waals surface area contributed by atoms with E-state index in [4.69, 9.17) is 15.7 Å². The van der Waals surface area contributed by atoms with Crippen LogP contribution in [0.5, 0.6) is 0 Å². The van der Waals surface area contributed by atoms with Gasteiger partial charge in [-0.15, -0.1) is 0 Å². The Morgan fingerprint density at radius 2 is 1.88 bits per heavy atom. The molecule has 0 amide bonds. The summed E-state index contributed by atoms with van der Waals surface area (Å²) in [6, 6.07) is 1.15. The third kappa shape index (κ3) is 4.09. The van der Waals surface area contributed by atoms with E-state index in [9.17, 15) is 0 Å². The first-order chi connectivity index (χ1) is 12.7. The normalized spacial score (nSPS) is 20.7. The first kappa shape index (κ1) is 18.9. The van der Waals surface area contributed by atoms with Crippen molar-refractivity contribution in [3.8, 4) is 0 Å². The fourth-order valence-electron chi connectivity index (χ4n) is 3.74. The molecule has 2 aromatic rings. The maximum Gasteiger partial charge on any atom is 0.227 e. The van der Waals surface area contributed by atoms with Gasteiger partial charge in [0.05, 0.1) is 6.33 Å².